The van der Waals surface area contributed by atoms with Gasteiger partial charge in [0.05, 0.1) is 13.4 Å². The number of aliphatic imine (C=N–C) groups is 1. The van der Waals surface area contributed by atoms with Crippen LogP contribution in [-0.4, -0.2) is 78.4 Å². The molecule has 1 saturated heterocycles. The van der Waals surface area contributed by atoms with Crippen molar-refractivity contribution in [3.05, 3.63) is 0 Å². The predicted octanol–water partition coefficient (Wildman–Crippen LogP) is -0.890. The van der Waals surface area contributed by atoms with E-state index in [1.54, 1.807) is 14.0 Å². The van der Waals surface area contributed by atoms with E-state index in [0.29, 0.717) is 0 Å². The number of fused-ring (bicyclic) bond motifs is 1. The average molecular weight is 268 g/mol. The fourth-order valence-electron chi connectivity index (χ4n) is 2.30. The Bertz CT molecular complexity index is 464. The highest BCUT2D eigenvalue weighted by Crippen LogP contribution is 2.26. The number of nitrogens with zero attached hydrogens (tertiary/aromatic N) is 4. The molecule has 2 heterocycles. The summed E-state index contributed by atoms with van der Waals surface area (Å²) in [6, 6.07) is -1.72. The normalized spacial score (nSPS) is 27.7. The van der Waals surface area contributed by atoms with Crippen molar-refractivity contribution in [2.24, 2.45) is 4.99 Å². The first-order valence-electron chi connectivity index (χ1n) is 5.83. The standard InChI is InChI=1S/C11H16N4O4/c1-6(10(17)19-4)15-5-12-8-7(15)9(16)14(3)11(18)13(8)2/h5-8H,1-4H3/t6-,7?,8?/m0/s1. The van der Waals surface area contributed by atoms with Gasteiger partial charge in [-0.15, -0.1) is 0 Å². The molecule has 0 spiro atoms. The Morgan fingerprint density at radius 2 is 2.05 bits per heavy atom. The third-order valence-corrected chi connectivity index (χ3v) is 3.51. The van der Waals surface area contributed by atoms with Crippen molar-refractivity contribution in [2.75, 3.05) is 21.2 Å². The van der Waals surface area contributed by atoms with Crippen LogP contribution in [-0.2, 0) is 14.3 Å². The summed E-state index contributed by atoms with van der Waals surface area (Å²) in [6.07, 6.45) is 0.834. The largest absolute Gasteiger partial charge is 0.467 e. The number of carbonyl (C=O) groups is 3. The summed E-state index contributed by atoms with van der Waals surface area (Å²) in [7, 11) is 4.28. The van der Waals surface area contributed by atoms with Crippen LogP contribution in [0.15, 0.2) is 4.99 Å². The van der Waals surface area contributed by atoms with Crippen LogP contribution in [0.5, 0.6) is 0 Å². The Labute approximate surface area is 110 Å². The Balaban J connectivity index is 2.29. The second-order valence-electron chi connectivity index (χ2n) is 4.56. The molecule has 0 aliphatic carbocycles. The number of likely N-dealkylation sites (N-methyl/N-ethyl adjacent to an activating group) is 2. The van der Waals surface area contributed by atoms with E-state index in [1.165, 1.54) is 30.3 Å². The minimum atomic E-state index is -0.679. The third-order valence-electron chi connectivity index (χ3n) is 3.51. The van der Waals surface area contributed by atoms with E-state index in [2.05, 4.69) is 9.73 Å². The molecule has 0 aromatic carbocycles. The predicted molar refractivity (Wildman–Crippen MR) is 65.3 cm³/mol. The molecule has 3 atom stereocenters. The number of ether oxygens (including phenoxy) is 1. The molecule has 2 aliphatic rings. The van der Waals surface area contributed by atoms with Crippen molar-refractivity contribution in [1.29, 1.82) is 0 Å². The maximum atomic E-state index is 12.2. The van der Waals surface area contributed by atoms with Crippen LogP contribution in [0.25, 0.3) is 0 Å². The minimum Gasteiger partial charge on any atom is -0.467 e. The lowest BCUT2D eigenvalue weighted by atomic mass is 10.1. The highest BCUT2D eigenvalue weighted by molar-refractivity contribution is 6.02. The van der Waals surface area contributed by atoms with Crippen molar-refractivity contribution < 1.29 is 19.1 Å². The van der Waals surface area contributed by atoms with E-state index in [1.807, 2.05) is 0 Å². The van der Waals surface area contributed by atoms with Crippen LogP contribution >= 0.6 is 0 Å². The van der Waals surface area contributed by atoms with Crippen LogP contribution in [0.3, 0.4) is 0 Å². The zero-order chi connectivity index (χ0) is 14.3. The zero-order valence-corrected chi connectivity index (χ0v) is 11.2. The molecule has 3 amide bonds. The zero-order valence-electron chi connectivity index (χ0n) is 11.2. The van der Waals surface area contributed by atoms with Gasteiger partial charge in [-0.05, 0) is 6.92 Å². The second kappa shape index (κ2) is 4.52. The van der Waals surface area contributed by atoms with Crippen LogP contribution in [0.2, 0.25) is 0 Å². The van der Waals surface area contributed by atoms with Gasteiger partial charge >= 0.3 is 12.0 Å². The molecule has 0 radical (unpaired) electrons. The SMILES string of the molecule is COC(=O)[C@H](C)N1C=NC2C1C(=O)N(C)C(=O)N2C. The quantitative estimate of drug-likeness (QED) is 0.607. The van der Waals surface area contributed by atoms with E-state index < -0.39 is 30.2 Å². The molecular formula is C11H16N4O4. The molecule has 2 aliphatic heterocycles. The molecule has 0 aromatic heterocycles. The van der Waals surface area contributed by atoms with Gasteiger partial charge in [0.2, 0.25) is 0 Å². The summed E-state index contributed by atoms with van der Waals surface area (Å²) in [5, 5.41) is 0. The summed E-state index contributed by atoms with van der Waals surface area (Å²) < 4.78 is 4.67. The van der Waals surface area contributed by atoms with Crippen LogP contribution < -0.4 is 0 Å². The molecule has 0 N–H and O–H groups in total. The van der Waals surface area contributed by atoms with Crippen molar-refractivity contribution in [3.63, 3.8) is 0 Å². The maximum absolute atomic E-state index is 12.2. The molecular weight excluding hydrogens is 252 g/mol. The first-order valence-corrected chi connectivity index (χ1v) is 5.83. The van der Waals surface area contributed by atoms with Crippen LogP contribution in [0.4, 0.5) is 4.79 Å². The molecule has 8 heteroatoms. The molecule has 0 saturated carbocycles. The molecule has 19 heavy (non-hydrogen) atoms. The Morgan fingerprint density at radius 3 is 2.63 bits per heavy atom. The number of hydrogen-bond acceptors (Lipinski definition) is 6. The number of methoxy groups -OCH3 is 1. The summed E-state index contributed by atoms with van der Waals surface area (Å²) in [5.41, 5.74) is 0. The molecule has 2 unspecified atom stereocenters. The third kappa shape index (κ3) is 1.83. The summed E-state index contributed by atoms with van der Waals surface area (Å²) in [6.45, 7) is 1.63. The van der Waals surface area contributed by atoms with Gasteiger partial charge in [0.1, 0.15) is 6.04 Å². The van der Waals surface area contributed by atoms with Crippen LogP contribution in [0, 0.1) is 0 Å². The monoisotopic (exact) mass is 268 g/mol. The van der Waals surface area contributed by atoms with Gasteiger partial charge in [-0.1, -0.05) is 0 Å². The molecule has 1 fully saturated rings. The van der Waals surface area contributed by atoms with Crippen molar-refractivity contribution >= 4 is 24.2 Å². The first kappa shape index (κ1) is 13.3. The van der Waals surface area contributed by atoms with Crippen molar-refractivity contribution in [3.8, 4) is 0 Å². The Morgan fingerprint density at radius 1 is 1.42 bits per heavy atom. The highest BCUT2D eigenvalue weighted by atomic mass is 16.5. The Hall–Kier alpha value is -2.12. The fourth-order valence-corrected chi connectivity index (χ4v) is 2.30. The lowest BCUT2D eigenvalue weighted by Gasteiger charge is -2.40. The topological polar surface area (TPSA) is 82.5 Å². The number of carbonyl (C=O) groups excluding carboxylic acids is 3. The van der Waals surface area contributed by atoms with Crippen molar-refractivity contribution in [2.45, 2.75) is 25.2 Å². The molecule has 8 nitrogen and oxygen atoms in total. The lowest BCUT2D eigenvalue weighted by molar-refractivity contribution is -0.147. The van der Waals surface area contributed by atoms with Crippen LogP contribution in [0.1, 0.15) is 6.92 Å². The maximum Gasteiger partial charge on any atom is 0.328 e. The van der Waals surface area contributed by atoms with Gasteiger partial charge in [-0.25, -0.2) is 14.6 Å². The lowest BCUT2D eigenvalue weighted by Crippen LogP contribution is -2.65. The number of rotatable bonds is 2. The molecule has 104 valence electrons. The minimum absolute atomic E-state index is 0.374. The summed E-state index contributed by atoms with van der Waals surface area (Å²) in [4.78, 5) is 43.6. The average Bonchev–Trinajstić information content (AvgIpc) is 2.85. The number of imide groups is 1. The van der Waals surface area contributed by atoms with Gasteiger partial charge in [-0.3, -0.25) is 9.69 Å². The molecule has 0 aromatic rings. The van der Waals surface area contributed by atoms with E-state index in [0.717, 1.165) is 4.90 Å². The van der Waals surface area contributed by atoms with Gasteiger partial charge in [0.25, 0.3) is 5.91 Å². The van der Waals surface area contributed by atoms with E-state index in [-0.39, 0.29) is 5.91 Å². The first-order chi connectivity index (χ1) is 8.90. The van der Waals surface area contributed by atoms with Gasteiger partial charge in [0.15, 0.2) is 12.2 Å². The van der Waals surface area contributed by atoms with Gasteiger partial charge < -0.3 is 14.5 Å². The van der Waals surface area contributed by atoms with Gasteiger partial charge in [0, 0.05) is 14.1 Å². The summed E-state index contributed by atoms with van der Waals surface area (Å²) >= 11 is 0. The fraction of sp³-hybridized carbons (Fsp3) is 0.636. The van der Waals surface area contributed by atoms with E-state index >= 15 is 0 Å². The smallest absolute Gasteiger partial charge is 0.328 e. The van der Waals surface area contributed by atoms with Gasteiger partial charge in [-0.2, -0.15) is 0 Å². The summed E-state index contributed by atoms with van der Waals surface area (Å²) in [5.74, 6) is -0.830. The van der Waals surface area contributed by atoms with E-state index in [4.69, 9.17) is 0 Å². The number of esters is 1. The number of urea groups is 1. The molecule has 0 bridgehead atoms. The molecule has 2 rings (SSSR count). The number of amides is 3. The van der Waals surface area contributed by atoms with Crippen molar-refractivity contribution in [1.82, 2.24) is 14.7 Å². The Kier molecular flexibility index (Phi) is 3.17. The second-order valence-corrected chi connectivity index (χ2v) is 4.56. The number of hydrogen-bond donors (Lipinski definition) is 0. The highest BCUT2D eigenvalue weighted by Gasteiger charge is 2.50. The van der Waals surface area contributed by atoms with E-state index in [9.17, 15) is 14.4 Å².